The summed E-state index contributed by atoms with van der Waals surface area (Å²) in [7, 11) is 0. The summed E-state index contributed by atoms with van der Waals surface area (Å²) in [5.41, 5.74) is 0. The molecule has 82 valence electrons. The highest BCUT2D eigenvalue weighted by molar-refractivity contribution is 7.80. The average molecular weight is 216 g/mol. The fourth-order valence-corrected chi connectivity index (χ4v) is 2.00. The fraction of sp³-hybridized carbons (Fsp3) is 0.900. The Morgan fingerprint density at radius 1 is 1.57 bits per heavy atom. The van der Waals surface area contributed by atoms with Gasteiger partial charge in [-0.05, 0) is 38.9 Å². The first-order valence-electron chi connectivity index (χ1n) is 5.42. The van der Waals surface area contributed by atoms with Crippen LogP contribution in [0.2, 0.25) is 0 Å². The van der Waals surface area contributed by atoms with E-state index in [1.165, 1.54) is 12.8 Å². The summed E-state index contributed by atoms with van der Waals surface area (Å²) in [6, 6.07) is 0. The van der Waals surface area contributed by atoms with Gasteiger partial charge in [0, 0.05) is 26.2 Å². The molecule has 0 aliphatic carbocycles. The maximum absolute atomic E-state index is 5.58. The van der Waals surface area contributed by atoms with Crippen molar-refractivity contribution in [3.8, 4) is 0 Å². The first-order chi connectivity index (χ1) is 6.77. The van der Waals surface area contributed by atoms with Gasteiger partial charge in [-0.25, -0.2) is 0 Å². The van der Waals surface area contributed by atoms with E-state index in [4.69, 9.17) is 17.0 Å². The molecule has 1 unspecified atom stereocenters. The molecule has 0 bridgehead atoms. The Morgan fingerprint density at radius 2 is 2.36 bits per heavy atom. The molecular formula is C10H20N2OS. The lowest BCUT2D eigenvalue weighted by atomic mass is 10.2. The first-order valence-corrected chi connectivity index (χ1v) is 5.83. The quantitative estimate of drug-likeness (QED) is 0.718. The zero-order chi connectivity index (χ0) is 10.4. The van der Waals surface area contributed by atoms with E-state index in [0.717, 1.165) is 31.4 Å². The third kappa shape index (κ3) is 3.42. The highest BCUT2D eigenvalue weighted by atomic mass is 32.1. The largest absolute Gasteiger partial charge is 0.376 e. The number of hydrogen-bond acceptors (Lipinski definition) is 2. The smallest absolute Gasteiger partial charge is 0.169 e. The van der Waals surface area contributed by atoms with Crippen molar-refractivity contribution in [2.24, 2.45) is 0 Å². The summed E-state index contributed by atoms with van der Waals surface area (Å²) in [4.78, 5) is 2.18. The highest BCUT2D eigenvalue weighted by Crippen LogP contribution is 2.13. The molecule has 1 rings (SSSR count). The summed E-state index contributed by atoms with van der Waals surface area (Å²) in [5, 5.41) is 4.02. The van der Waals surface area contributed by atoms with Gasteiger partial charge in [-0.3, -0.25) is 0 Å². The minimum atomic E-state index is 0.381. The Bertz CT molecular complexity index is 181. The normalized spacial score (nSPS) is 20.9. The fourth-order valence-electron chi connectivity index (χ4n) is 1.65. The minimum absolute atomic E-state index is 0.381. The van der Waals surface area contributed by atoms with Gasteiger partial charge in [0.25, 0.3) is 0 Å². The Balaban J connectivity index is 2.33. The molecule has 1 N–H and O–H groups in total. The van der Waals surface area contributed by atoms with E-state index in [9.17, 15) is 0 Å². The molecule has 0 amide bonds. The molecule has 0 spiro atoms. The summed E-state index contributed by atoms with van der Waals surface area (Å²) in [6.07, 6.45) is 2.74. The minimum Gasteiger partial charge on any atom is -0.376 e. The molecule has 3 nitrogen and oxygen atoms in total. The van der Waals surface area contributed by atoms with Crippen LogP contribution < -0.4 is 5.32 Å². The zero-order valence-electron chi connectivity index (χ0n) is 9.08. The second-order valence-corrected chi connectivity index (χ2v) is 3.90. The lowest BCUT2D eigenvalue weighted by Crippen LogP contribution is -2.43. The molecule has 0 aromatic heterocycles. The summed E-state index contributed by atoms with van der Waals surface area (Å²) >= 11 is 5.27. The van der Waals surface area contributed by atoms with Crippen molar-refractivity contribution in [2.45, 2.75) is 32.8 Å². The number of nitrogens with one attached hydrogen (secondary N) is 1. The maximum atomic E-state index is 5.58. The lowest BCUT2D eigenvalue weighted by Gasteiger charge is -2.26. The SMILES string of the molecule is CCNC(=S)N(CC)CC1CCCO1. The molecule has 0 aromatic rings. The van der Waals surface area contributed by atoms with Crippen molar-refractivity contribution < 1.29 is 4.74 Å². The molecule has 0 saturated carbocycles. The third-order valence-corrected chi connectivity index (χ3v) is 2.85. The molecule has 1 atom stereocenters. The predicted molar refractivity (Wildman–Crippen MR) is 62.5 cm³/mol. The van der Waals surface area contributed by atoms with E-state index in [1.807, 2.05) is 0 Å². The van der Waals surface area contributed by atoms with Gasteiger partial charge < -0.3 is 15.0 Å². The number of thiocarbonyl (C=S) groups is 1. The zero-order valence-corrected chi connectivity index (χ0v) is 9.90. The summed E-state index contributed by atoms with van der Waals surface area (Å²) in [6.45, 7) is 7.87. The average Bonchev–Trinajstić information content (AvgIpc) is 2.66. The number of nitrogens with zero attached hydrogens (tertiary/aromatic N) is 1. The Hall–Kier alpha value is -0.350. The standard InChI is InChI=1S/C10H20N2OS/c1-3-11-10(14)12(4-2)8-9-6-5-7-13-9/h9H,3-8H2,1-2H3,(H,11,14). The molecule has 1 heterocycles. The van der Waals surface area contributed by atoms with E-state index in [-0.39, 0.29) is 0 Å². The number of ether oxygens (including phenoxy) is 1. The molecule has 14 heavy (non-hydrogen) atoms. The Kier molecular flexibility index (Phi) is 5.19. The monoisotopic (exact) mass is 216 g/mol. The van der Waals surface area contributed by atoms with Crippen LogP contribution in [0.3, 0.4) is 0 Å². The van der Waals surface area contributed by atoms with Crippen LogP contribution in [0, 0.1) is 0 Å². The van der Waals surface area contributed by atoms with Crippen molar-refractivity contribution in [3.63, 3.8) is 0 Å². The van der Waals surface area contributed by atoms with E-state index < -0.39 is 0 Å². The number of hydrogen-bond donors (Lipinski definition) is 1. The lowest BCUT2D eigenvalue weighted by molar-refractivity contribution is 0.0921. The van der Waals surface area contributed by atoms with Gasteiger partial charge in [-0.1, -0.05) is 0 Å². The van der Waals surface area contributed by atoms with Crippen molar-refractivity contribution >= 4 is 17.3 Å². The maximum Gasteiger partial charge on any atom is 0.169 e. The first kappa shape index (κ1) is 11.7. The van der Waals surface area contributed by atoms with Gasteiger partial charge in [0.1, 0.15) is 0 Å². The van der Waals surface area contributed by atoms with Gasteiger partial charge >= 0.3 is 0 Å². The highest BCUT2D eigenvalue weighted by Gasteiger charge is 2.19. The van der Waals surface area contributed by atoms with Crippen molar-refractivity contribution in [1.82, 2.24) is 10.2 Å². The van der Waals surface area contributed by atoms with Crippen LogP contribution >= 0.6 is 12.2 Å². The molecule has 1 fully saturated rings. The molecule has 1 saturated heterocycles. The van der Waals surface area contributed by atoms with Crippen LogP contribution in [0.25, 0.3) is 0 Å². The molecular weight excluding hydrogens is 196 g/mol. The van der Waals surface area contributed by atoms with Crippen LogP contribution in [0.1, 0.15) is 26.7 Å². The van der Waals surface area contributed by atoms with Gasteiger partial charge in [0.2, 0.25) is 0 Å². The molecule has 0 aromatic carbocycles. The number of likely N-dealkylation sites (N-methyl/N-ethyl adjacent to an activating group) is 1. The van der Waals surface area contributed by atoms with E-state index in [2.05, 4.69) is 24.1 Å². The van der Waals surface area contributed by atoms with Gasteiger partial charge in [0.15, 0.2) is 5.11 Å². The summed E-state index contributed by atoms with van der Waals surface area (Å²) < 4.78 is 5.58. The van der Waals surface area contributed by atoms with Gasteiger partial charge in [0.05, 0.1) is 6.10 Å². The van der Waals surface area contributed by atoms with Crippen LogP contribution in [0.4, 0.5) is 0 Å². The van der Waals surface area contributed by atoms with Crippen molar-refractivity contribution in [1.29, 1.82) is 0 Å². The molecule has 1 aliphatic heterocycles. The molecule has 1 aliphatic rings. The number of rotatable bonds is 4. The van der Waals surface area contributed by atoms with Gasteiger partial charge in [-0.15, -0.1) is 0 Å². The van der Waals surface area contributed by atoms with Gasteiger partial charge in [-0.2, -0.15) is 0 Å². The Morgan fingerprint density at radius 3 is 2.86 bits per heavy atom. The third-order valence-electron chi connectivity index (χ3n) is 2.44. The van der Waals surface area contributed by atoms with Crippen LogP contribution in [0.15, 0.2) is 0 Å². The van der Waals surface area contributed by atoms with E-state index in [0.29, 0.717) is 6.10 Å². The Labute approximate surface area is 91.8 Å². The second kappa shape index (κ2) is 6.19. The molecule has 4 heteroatoms. The van der Waals surface area contributed by atoms with Crippen LogP contribution in [-0.4, -0.2) is 42.4 Å². The van der Waals surface area contributed by atoms with Crippen LogP contribution in [0.5, 0.6) is 0 Å². The van der Waals surface area contributed by atoms with Crippen molar-refractivity contribution in [3.05, 3.63) is 0 Å². The van der Waals surface area contributed by atoms with E-state index in [1.54, 1.807) is 0 Å². The molecule has 0 radical (unpaired) electrons. The predicted octanol–water partition coefficient (Wildman–Crippen LogP) is 1.38. The van der Waals surface area contributed by atoms with Crippen molar-refractivity contribution in [2.75, 3.05) is 26.2 Å². The van der Waals surface area contributed by atoms with E-state index >= 15 is 0 Å². The summed E-state index contributed by atoms with van der Waals surface area (Å²) in [5.74, 6) is 0. The second-order valence-electron chi connectivity index (χ2n) is 3.51. The van der Waals surface area contributed by atoms with Crippen LogP contribution in [-0.2, 0) is 4.74 Å². The topological polar surface area (TPSA) is 24.5 Å².